The number of hydrogen-bond donors (Lipinski definition) is 0. The largest absolute Gasteiger partial charge is 0.497 e. The van der Waals surface area contributed by atoms with Crippen molar-refractivity contribution >= 4 is 23.5 Å². The Bertz CT molecular complexity index is 990. The van der Waals surface area contributed by atoms with Gasteiger partial charge >= 0.3 is 0 Å². The molecule has 2 aromatic heterocycles. The lowest BCUT2D eigenvalue weighted by molar-refractivity contribution is 0.414. The van der Waals surface area contributed by atoms with E-state index in [0.717, 1.165) is 34.0 Å². The molecule has 0 saturated heterocycles. The first-order valence-corrected chi connectivity index (χ1v) is 10.2. The van der Waals surface area contributed by atoms with Gasteiger partial charge < -0.3 is 4.74 Å². The molecule has 26 heavy (non-hydrogen) atoms. The van der Waals surface area contributed by atoms with Gasteiger partial charge in [-0.3, -0.25) is 14.3 Å². The molecule has 132 valence electrons. The van der Waals surface area contributed by atoms with Gasteiger partial charge in [0.05, 0.1) is 23.4 Å². The molecule has 0 aliphatic carbocycles. The van der Waals surface area contributed by atoms with E-state index in [-0.39, 0.29) is 5.56 Å². The minimum absolute atomic E-state index is 0.000519. The molecule has 0 unspecified atom stereocenters. The van der Waals surface area contributed by atoms with Gasteiger partial charge in [0.15, 0.2) is 5.16 Å². The number of aromatic nitrogens is 3. The van der Waals surface area contributed by atoms with Crippen LogP contribution in [0.5, 0.6) is 5.75 Å². The van der Waals surface area contributed by atoms with Crippen LogP contribution in [-0.4, -0.2) is 27.4 Å². The predicted octanol–water partition coefficient (Wildman–Crippen LogP) is 3.58. The summed E-state index contributed by atoms with van der Waals surface area (Å²) in [5.41, 5.74) is 2.77. The van der Waals surface area contributed by atoms with Crippen LogP contribution in [-0.2, 0) is 12.2 Å². The van der Waals surface area contributed by atoms with Gasteiger partial charge in [-0.1, -0.05) is 23.9 Å². The maximum atomic E-state index is 13.1. The topological polar surface area (TPSA) is 57.0 Å². The standard InChI is InChI=1S/C19H17N3O2S2/c1-24-15-6-2-5-14(10-15)22-18(23)17-16(7-9-25-17)21-19(22)26-12-13-4-3-8-20-11-13/h2-6,8,10-11H,7,9,12H2,1H3. The zero-order chi connectivity index (χ0) is 17.9. The van der Waals surface area contributed by atoms with Crippen molar-refractivity contribution in [2.75, 3.05) is 12.9 Å². The summed E-state index contributed by atoms with van der Waals surface area (Å²) in [7, 11) is 1.62. The van der Waals surface area contributed by atoms with Crippen molar-refractivity contribution in [1.29, 1.82) is 0 Å². The Morgan fingerprint density at radius 1 is 1.31 bits per heavy atom. The SMILES string of the molecule is COc1cccc(-n2c(SCc3cccnc3)nc3c(c2=O)SCC3)c1. The monoisotopic (exact) mass is 383 g/mol. The highest BCUT2D eigenvalue weighted by Crippen LogP contribution is 2.31. The smallest absolute Gasteiger partial charge is 0.272 e. The second kappa shape index (κ2) is 7.55. The van der Waals surface area contributed by atoms with Gasteiger partial charge in [0.2, 0.25) is 0 Å². The van der Waals surface area contributed by atoms with E-state index in [0.29, 0.717) is 16.7 Å². The first-order chi connectivity index (χ1) is 12.8. The number of fused-ring (bicyclic) bond motifs is 1. The highest BCUT2D eigenvalue weighted by atomic mass is 32.2. The van der Waals surface area contributed by atoms with Crippen molar-refractivity contribution < 1.29 is 4.74 Å². The number of nitrogens with zero attached hydrogens (tertiary/aromatic N) is 3. The predicted molar refractivity (Wildman–Crippen MR) is 105 cm³/mol. The summed E-state index contributed by atoms with van der Waals surface area (Å²) in [5.74, 6) is 2.33. The summed E-state index contributed by atoms with van der Waals surface area (Å²) in [4.78, 5) is 22.8. The summed E-state index contributed by atoms with van der Waals surface area (Å²) < 4.78 is 7.02. The van der Waals surface area contributed by atoms with Crippen LogP contribution in [0.25, 0.3) is 5.69 Å². The molecule has 5 nitrogen and oxygen atoms in total. The first-order valence-electron chi connectivity index (χ1n) is 8.21. The normalized spacial score (nSPS) is 12.8. The molecule has 0 atom stereocenters. The highest BCUT2D eigenvalue weighted by Gasteiger charge is 2.22. The molecule has 0 N–H and O–H groups in total. The molecule has 0 radical (unpaired) electrons. The van der Waals surface area contributed by atoms with Crippen molar-refractivity contribution in [1.82, 2.24) is 14.5 Å². The average Bonchev–Trinajstić information content (AvgIpc) is 3.16. The number of ether oxygens (including phenoxy) is 1. The van der Waals surface area contributed by atoms with E-state index >= 15 is 0 Å². The average molecular weight is 383 g/mol. The number of aryl methyl sites for hydroxylation is 1. The summed E-state index contributed by atoms with van der Waals surface area (Å²) >= 11 is 3.14. The third kappa shape index (κ3) is 3.37. The van der Waals surface area contributed by atoms with E-state index in [1.807, 2.05) is 42.6 Å². The van der Waals surface area contributed by atoms with Gasteiger partial charge in [-0.15, -0.1) is 11.8 Å². The van der Waals surface area contributed by atoms with Gasteiger partial charge in [0, 0.05) is 36.4 Å². The molecule has 0 bridgehead atoms. The zero-order valence-corrected chi connectivity index (χ0v) is 15.8. The Morgan fingerprint density at radius 2 is 2.23 bits per heavy atom. The Labute approximate surface area is 159 Å². The lowest BCUT2D eigenvalue weighted by atomic mass is 10.3. The lowest BCUT2D eigenvalue weighted by Gasteiger charge is -2.14. The van der Waals surface area contributed by atoms with Gasteiger partial charge in [0.1, 0.15) is 5.75 Å². The number of thioether (sulfide) groups is 2. The molecule has 0 fully saturated rings. The third-order valence-electron chi connectivity index (χ3n) is 4.07. The highest BCUT2D eigenvalue weighted by molar-refractivity contribution is 7.99. The molecule has 3 aromatic rings. The van der Waals surface area contributed by atoms with Crippen molar-refractivity contribution in [2.45, 2.75) is 22.2 Å². The summed E-state index contributed by atoms with van der Waals surface area (Å²) in [6.45, 7) is 0. The second-order valence-electron chi connectivity index (χ2n) is 5.76. The van der Waals surface area contributed by atoms with E-state index in [4.69, 9.17) is 9.72 Å². The van der Waals surface area contributed by atoms with Gasteiger partial charge in [-0.05, 0) is 23.8 Å². The van der Waals surface area contributed by atoms with Crippen LogP contribution in [0, 0.1) is 0 Å². The Hall–Kier alpha value is -2.25. The van der Waals surface area contributed by atoms with Crippen molar-refractivity contribution in [3.8, 4) is 11.4 Å². The molecular formula is C19H17N3O2S2. The number of benzene rings is 1. The lowest BCUT2D eigenvalue weighted by Crippen LogP contribution is -2.23. The number of rotatable bonds is 5. The number of hydrogen-bond acceptors (Lipinski definition) is 6. The molecular weight excluding hydrogens is 366 g/mol. The number of pyridine rings is 1. The van der Waals surface area contributed by atoms with Crippen molar-refractivity contribution in [2.24, 2.45) is 0 Å². The fourth-order valence-corrected chi connectivity index (χ4v) is 4.79. The first kappa shape index (κ1) is 17.2. The van der Waals surface area contributed by atoms with Crippen molar-refractivity contribution in [3.05, 3.63) is 70.4 Å². The van der Waals surface area contributed by atoms with E-state index < -0.39 is 0 Å². The van der Waals surface area contributed by atoms with Crippen LogP contribution in [0.4, 0.5) is 0 Å². The minimum Gasteiger partial charge on any atom is -0.497 e. The van der Waals surface area contributed by atoms with E-state index in [1.54, 1.807) is 41.4 Å². The van der Waals surface area contributed by atoms with Crippen LogP contribution in [0.2, 0.25) is 0 Å². The molecule has 0 amide bonds. The van der Waals surface area contributed by atoms with Crippen LogP contribution in [0.3, 0.4) is 0 Å². The van der Waals surface area contributed by atoms with Gasteiger partial charge in [0.25, 0.3) is 5.56 Å². The van der Waals surface area contributed by atoms with Crippen LogP contribution < -0.4 is 10.3 Å². The zero-order valence-electron chi connectivity index (χ0n) is 14.2. The summed E-state index contributed by atoms with van der Waals surface area (Å²) in [6, 6.07) is 11.5. The van der Waals surface area contributed by atoms with Crippen LogP contribution in [0.1, 0.15) is 11.3 Å². The van der Waals surface area contributed by atoms with Crippen LogP contribution in [0.15, 0.2) is 63.6 Å². The summed E-state index contributed by atoms with van der Waals surface area (Å²) in [5, 5.41) is 0.702. The second-order valence-corrected chi connectivity index (χ2v) is 7.81. The fraction of sp³-hybridized carbons (Fsp3) is 0.211. The Kier molecular flexibility index (Phi) is 4.99. The molecule has 0 spiro atoms. The van der Waals surface area contributed by atoms with E-state index in [1.165, 1.54) is 0 Å². The molecule has 1 aromatic carbocycles. The minimum atomic E-state index is -0.000519. The third-order valence-corrected chi connectivity index (χ3v) is 6.19. The molecule has 0 saturated carbocycles. The van der Waals surface area contributed by atoms with Crippen LogP contribution >= 0.6 is 23.5 Å². The molecule has 1 aliphatic rings. The van der Waals surface area contributed by atoms with Gasteiger partial charge in [-0.25, -0.2) is 4.98 Å². The number of methoxy groups -OCH3 is 1. The molecule has 1 aliphatic heterocycles. The maximum absolute atomic E-state index is 13.1. The van der Waals surface area contributed by atoms with Gasteiger partial charge in [-0.2, -0.15) is 0 Å². The molecule has 3 heterocycles. The van der Waals surface area contributed by atoms with Crippen molar-refractivity contribution in [3.63, 3.8) is 0 Å². The Morgan fingerprint density at radius 3 is 3.04 bits per heavy atom. The Balaban J connectivity index is 1.79. The molecule has 4 rings (SSSR count). The fourth-order valence-electron chi connectivity index (χ4n) is 2.80. The summed E-state index contributed by atoms with van der Waals surface area (Å²) in [6.07, 6.45) is 4.43. The van der Waals surface area contributed by atoms with E-state index in [2.05, 4.69) is 4.98 Å². The quantitative estimate of drug-likeness (QED) is 0.496. The molecule has 7 heteroatoms. The maximum Gasteiger partial charge on any atom is 0.272 e. The van der Waals surface area contributed by atoms with E-state index in [9.17, 15) is 4.79 Å².